The molecule has 0 heterocycles. The van der Waals surface area contributed by atoms with Gasteiger partial charge in [-0.1, -0.05) is 27.2 Å². The SMILES string of the molecule is CCC(C1C2CC3CC(C2)CC1C3)C(C)(C)CN. The lowest BCUT2D eigenvalue weighted by Gasteiger charge is -2.58. The second-order valence-corrected chi connectivity index (χ2v) is 8.22. The summed E-state index contributed by atoms with van der Waals surface area (Å²) in [4.78, 5) is 0. The van der Waals surface area contributed by atoms with Gasteiger partial charge in [-0.2, -0.15) is 0 Å². The van der Waals surface area contributed by atoms with Crippen LogP contribution in [-0.4, -0.2) is 6.54 Å². The standard InChI is InChI=1S/C17H31N/c1-4-15(17(2,3)10-18)16-13-6-11-5-12(8-13)9-14(16)7-11/h11-16H,4-10,18H2,1-3H3. The van der Waals surface area contributed by atoms with Gasteiger partial charge in [0.15, 0.2) is 0 Å². The van der Waals surface area contributed by atoms with E-state index in [1.807, 2.05) is 0 Å². The Bertz CT molecular complexity index is 279. The zero-order valence-electron chi connectivity index (χ0n) is 12.5. The molecule has 4 aliphatic carbocycles. The summed E-state index contributed by atoms with van der Waals surface area (Å²) in [5.41, 5.74) is 6.42. The fourth-order valence-electron chi connectivity index (χ4n) is 6.12. The molecular weight excluding hydrogens is 218 g/mol. The lowest BCUT2D eigenvalue weighted by Crippen LogP contribution is -2.51. The van der Waals surface area contributed by atoms with Gasteiger partial charge in [0.05, 0.1) is 0 Å². The zero-order valence-corrected chi connectivity index (χ0v) is 12.5. The summed E-state index contributed by atoms with van der Waals surface area (Å²) >= 11 is 0. The predicted octanol–water partition coefficient (Wildman–Crippen LogP) is 4.07. The van der Waals surface area contributed by atoms with Gasteiger partial charge in [0, 0.05) is 0 Å². The van der Waals surface area contributed by atoms with Gasteiger partial charge in [0.2, 0.25) is 0 Å². The van der Waals surface area contributed by atoms with Crippen molar-refractivity contribution in [1.29, 1.82) is 0 Å². The maximum Gasteiger partial charge on any atom is -0.00231 e. The molecule has 0 radical (unpaired) electrons. The van der Waals surface area contributed by atoms with Gasteiger partial charge in [-0.05, 0) is 79.6 Å². The van der Waals surface area contributed by atoms with Gasteiger partial charge >= 0.3 is 0 Å². The van der Waals surface area contributed by atoms with Crippen molar-refractivity contribution in [1.82, 2.24) is 0 Å². The first kappa shape index (κ1) is 13.0. The number of nitrogens with two attached hydrogens (primary N) is 1. The normalized spacial score (nSPS) is 44.3. The molecule has 4 fully saturated rings. The highest BCUT2D eigenvalue weighted by Gasteiger charge is 2.52. The molecule has 104 valence electrons. The van der Waals surface area contributed by atoms with Gasteiger partial charge in [-0.15, -0.1) is 0 Å². The Morgan fingerprint density at radius 3 is 1.89 bits per heavy atom. The maximum atomic E-state index is 6.08. The molecule has 4 aliphatic rings. The molecule has 4 rings (SSSR count). The molecule has 0 saturated heterocycles. The number of hydrogen-bond donors (Lipinski definition) is 1. The van der Waals surface area contributed by atoms with Crippen LogP contribution in [0.15, 0.2) is 0 Å². The van der Waals surface area contributed by atoms with Crippen molar-refractivity contribution in [3.63, 3.8) is 0 Å². The summed E-state index contributed by atoms with van der Waals surface area (Å²) < 4.78 is 0. The Morgan fingerprint density at radius 2 is 1.50 bits per heavy atom. The van der Waals surface area contributed by atoms with Gasteiger partial charge in [-0.3, -0.25) is 0 Å². The monoisotopic (exact) mass is 249 g/mol. The fraction of sp³-hybridized carbons (Fsp3) is 1.00. The molecule has 4 saturated carbocycles. The highest BCUT2D eigenvalue weighted by molar-refractivity contribution is 5.02. The van der Waals surface area contributed by atoms with Crippen molar-refractivity contribution in [2.75, 3.05) is 6.54 Å². The number of rotatable bonds is 4. The van der Waals surface area contributed by atoms with Crippen molar-refractivity contribution in [2.24, 2.45) is 46.7 Å². The van der Waals surface area contributed by atoms with Crippen molar-refractivity contribution in [3.05, 3.63) is 0 Å². The molecule has 1 atom stereocenters. The second kappa shape index (κ2) is 4.51. The van der Waals surface area contributed by atoms with E-state index in [-0.39, 0.29) is 0 Å². The summed E-state index contributed by atoms with van der Waals surface area (Å²) in [6.45, 7) is 8.07. The van der Waals surface area contributed by atoms with E-state index in [0.29, 0.717) is 5.41 Å². The van der Waals surface area contributed by atoms with Crippen LogP contribution in [0.3, 0.4) is 0 Å². The summed E-state index contributed by atoms with van der Waals surface area (Å²) in [5, 5.41) is 0. The second-order valence-electron chi connectivity index (χ2n) is 8.22. The third-order valence-corrected chi connectivity index (χ3v) is 6.73. The number of hydrogen-bond acceptors (Lipinski definition) is 1. The average molecular weight is 249 g/mol. The fourth-order valence-corrected chi connectivity index (χ4v) is 6.12. The molecule has 0 spiro atoms. The van der Waals surface area contributed by atoms with Crippen LogP contribution in [0.1, 0.15) is 59.3 Å². The topological polar surface area (TPSA) is 26.0 Å². The van der Waals surface area contributed by atoms with E-state index in [0.717, 1.165) is 42.1 Å². The van der Waals surface area contributed by atoms with Crippen LogP contribution in [-0.2, 0) is 0 Å². The molecule has 2 N–H and O–H groups in total. The summed E-state index contributed by atoms with van der Waals surface area (Å²) in [7, 11) is 0. The van der Waals surface area contributed by atoms with Gasteiger partial charge in [0.25, 0.3) is 0 Å². The molecule has 0 aliphatic heterocycles. The Kier molecular flexibility index (Phi) is 3.25. The molecule has 0 aromatic rings. The van der Waals surface area contributed by atoms with Crippen molar-refractivity contribution in [3.8, 4) is 0 Å². The first-order valence-electron chi connectivity index (χ1n) is 8.25. The van der Waals surface area contributed by atoms with Crippen LogP contribution in [0.5, 0.6) is 0 Å². The first-order chi connectivity index (χ1) is 8.55. The van der Waals surface area contributed by atoms with Crippen LogP contribution in [0.25, 0.3) is 0 Å². The largest absolute Gasteiger partial charge is 0.330 e. The lowest BCUT2D eigenvalue weighted by atomic mass is 9.47. The van der Waals surface area contributed by atoms with E-state index in [1.165, 1.54) is 6.42 Å². The van der Waals surface area contributed by atoms with Crippen LogP contribution in [0.4, 0.5) is 0 Å². The van der Waals surface area contributed by atoms with Crippen LogP contribution in [0.2, 0.25) is 0 Å². The third kappa shape index (κ3) is 1.94. The lowest BCUT2D eigenvalue weighted by molar-refractivity contribution is -0.0853. The van der Waals surface area contributed by atoms with Crippen molar-refractivity contribution >= 4 is 0 Å². The smallest absolute Gasteiger partial charge is 0.00231 e. The summed E-state index contributed by atoms with van der Waals surface area (Å²) in [6, 6.07) is 0. The predicted molar refractivity (Wildman–Crippen MR) is 77.2 cm³/mol. The highest BCUT2D eigenvalue weighted by atomic mass is 14.6. The molecule has 0 aromatic carbocycles. The zero-order chi connectivity index (χ0) is 12.9. The summed E-state index contributed by atoms with van der Waals surface area (Å²) in [5.74, 6) is 6.16. The van der Waals surface area contributed by atoms with Crippen molar-refractivity contribution < 1.29 is 0 Å². The van der Waals surface area contributed by atoms with Crippen LogP contribution >= 0.6 is 0 Å². The van der Waals surface area contributed by atoms with E-state index in [9.17, 15) is 0 Å². The van der Waals surface area contributed by atoms with Crippen molar-refractivity contribution in [2.45, 2.75) is 59.3 Å². The maximum absolute atomic E-state index is 6.08. The first-order valence-corrected chi connectivity index (χ1v) is 8.25. The van der Waals surface area contributed by atoms with E-state index in [1.54, 1.807) is 32.1 Å². The van der Waals surface area contributed by atoms with Crippen LogP contribution < -0.4 is 5.73 Å². The van der Waals surface area contributed by atoms with Crippen LogP contribution in [0, 0.1) is 40.9 Å². The third-order valence-electron chi connectivity index (χ3n) is 6.73. The average Bonchev–Trinajstić information content (AvgIpc) is 2.32. The van der Waals surface area contributed by atoms with E-state index >= 15 is 0 Å². The van der Waals surface area contributed by atoms with E-state index < -0.39 is 0 Å². The Balaban J connectivity index is 1.83. The van der Waals surface area contributed by atoms with Gasteiger partial charge in [0.1, 0.15) is 0 Å². The van der Waals surface area contributed by atoms with E-state index in [4.69, 9.17) is 5.73 Å². The molecular formula is C17H31N. The molecule has 18 heavy (non-hydrogen) atoms. The quantitative estimate of drug-likeness (QED) is 0.798. The van der Waals surface area contributed by atoms with Gasteiger partial charge < -0.3 is 5.73 Å². The highest BCUT2D eigenvalue weighted by Crippen LogP contribution is 2.60. The Labute approximate surface area is 113 Å². The minimum atomic E-state index is 0.342. The minimum Gasteiger partial charge on any atom is -0.330 e. The van der Waals surface area contributed by atoms with Gasteiger partial charge in [-0.25, -0.2) is 0 Å². The molecule has 1 unspecified atom stereocenters. The molecule has 0 aromatic heterocycles. The summed E-state index contributed by atoms with van der Waals surface area (Å²) in [6.07, 6.45) is 9.10. The Hall–Kier alpha value is -0.0400. The molecule has 1 heteroatoms. The van der Waals surface area contributed by atoms with E-state index in [2.05, 4.69) is 20.8 Å². The minimum absolute atomic E-state index is 0.342. The Morgan fingerprint density at radius 1 is 1.00 bits per heavy atom. The molecule has 0 amide bonds. The molecule has 1 nitrogen and oxygen atoms in total. The molecule has 4 bridgehead atoms.